The average molecular weight is 337 g/mol. The first-order valence-electron chi connectivity index (χ1n) is 7.85. The van der Waals surface area contributed by atoms with Crippen molar-refractivity contribution < 1.29 is 19.8 Å². The Kier molecular flexibility index (Phi) is 6.65. The molecule has 0 aliphatic heterocycles. The van der Waals surface area contributed by atoms with Crippen LogP contribution in [-0.2, 0) is 22.4 Å². The number of nitrogens with zero attached hydrogens (tertiary/aromatic N) is 1. The summed E-state index contributed by atoms with van der Waals surface area (Å²) >= 11 is 0. The molecule has 3 aromatic rings. The molecule has 25 heavy (non-hydrogen) atoms. The zero-order valence-corrected chi connectivity index (χ0v) is 13.6. The standard InChI is InChI=1S/C12H10O2.C8H9NO2/c13-12(14)8-10-6-3-5-9-4-1-2-7-11(9)10;10-8(11)4-3-7-2-1-5-9-6-7/h1-7H,8H2,(H,13,14);1-2,5-6H,3-4H2,(H,10,11). The molecule has 0 aliphatic carbocycles. The smallest absolute Gasteiger partial charge is 0.307 e. The first-order valence-corrected chi connectivity index (χ1v) is 7.85. The molecule has 0 bridgehead atoms. The van der Waals surface area contributed by atoms with E-state index in [1.165, 1.54) is 0 Å². The van der Waals surface area contributed by atoms with E-state index in [2.05, 4.69) is 4.98 Å². The van der Waals surface area contributed by atoms with E-state index in [0.717, 1.165) is 21.9 Å². The van der Waals surface area contributed by atoms with Crippen molar-refractivity contribution in [2.24, 2.45) is 0 Å². The third-order valence-corrected chi connectivity index (χ3v) is 3.57. The zero-order chi connectivity index (χ0) is 18.1. The number of hydrogen-bond acceptors (Lipinski definition) is 3. The fraction of sp³-hybridized carbons (Fsp3) is 0.150. The molecule has 0 atom stereocenters. The lowest BCUT2D eigenvalue weighted by atomic mass is 10.0. The van der Waals surface area contributed by atoms with Gasteiger partial charge in [-0.1, -0.05) is 48.5 Å². The van der Waals surface area contributed by atoms with Crippen LogP contribution < -0.4 is 0 Å². The van der Waals surface area contributed by atoms with E-state index < -0.39 is 11.9 Å². The van der Waals surface area contributed by atoms with E-state index in [1.807, 2.05) is 48.5 Å². The van der Waals surface area contributed by atoms with Gasteiger partial charge < -0.3 is 10.2 Å². The quantitative estimate of drug-likeness (QED) is 0.743. The van der Waals surface area contributed by atoms with Crippen molar-refractivity contribution in [2.75, 3.05) is 0 Å². The Labute approximate surface area is 145 Å². The van der Waals surface area contributed by atoms with Crippen LogP contribution in [0, 0.1) is 0 Å². The Balaban J connectivity index is 0.000000186. The van der Waals surface area contributed by atoms with Gasteiger partial charge in [-0.3, -0.25) is 14.6 Å². The molecule has 3 rings (SSSR count). The number of aryl methyl sites for hydroxylation is 1. The lowest BCUT2D eigenvalue weighted by Crippen LogP contribution is -2.00. The Morgan fingerprint density at radius 2 is 1.64 bits per heavy atom. The monoisotopic (exact) mass is 337 g/mol. The van der Waals surface area contributed by atoms with Crippen molar-refractivity contribution in [3.8, 4) is 0 Å². The van der Waals surface area contributed by atoms with Gasteiger partial charge in [0.1, 0.15) is 0 Å². The fourth-order valence-electron chi connectivity index (χ4n) is 2.41. The van der Waals surface area contributed by atoms with Crippen molar-refractivity contribution >= 4 is 22.7 Å². The van der Waals surface area contributed by atoms with Gasteiger partial charge in [0.25, 0.3) is 0 Å². The summed E-state index contributed by atoms with van der Waals surface area (Å²) in [6.45, 7) is 0. The lowest BCUT2D eigenvalue weighted by Gasteiger charge is -2.02. The molecule has 0 radical (unpaired) electrons. The number of hydrogen-bond donors (Lipinski definition) is 2. The fourth-order valence-corrected chi connectivity index (χ4v) is 2.41. The van der Waals surface area contributed by atoms with Gasteiger partial charge in [-0.25, -0.2) is 0 Å². The number of carboxylic acids is 2. The first kappa shape index (κ1) is 18.1. The molecule has 5 heteroatoms. The van der Waals surface area contributed by atoms with Crippen LogP contribution in [0.3, 0.4) is 0 Å². The molecule has 0 aliphatic rings. The zero-order valence-electron chi connectivity index (χ0n) is 13.6. The molecule has 2 N–H and O–H groups in total. The lowest BCUT2D eigenvalue weighted by molar-refractivity contribution is -0.137. The molecule has 128 valence electrons. The summed E-state index contributed by atoms with van der Waals surface area (Å²) in [5.74, 6) is -1.56. The van der Waals surface area contributed by atoms with E-state index in [4.69, 9.17) is 10.2 Å². The second kappa shape index (κ2) is 9.17. The number of carboxylic acid groups (broad SMARTS) is 2. The maximum absolute atomic E-state index is 10.6. The van der Waals surface area contributed by atoms with Crippen molar-refractivity contribution in [3.63, 3.8) is 0 Å². The molecule has 0 amide bonds. The summed E-state index contributed by atoms with van der Waals surface area (Å²) in [5, 5.41) is 19.2. The van der Waals surface area contributed by atoms with Gasteiger partial charge in [-0.05, 0) is 34.4 Å². The van der Waals surface area contributed by atoms with Crippen LogP contribution in [0.4, 0.5) is 0 Å². The minimum absolute atomic E-state index is 0.0847. The van der Waals surface area contributed by atoms with Gasteiger partial charge in [0.05, 0.1) is 6.42 Å². The van der Waals surface area contributed by atoms with Crippen LogP contribution in [0.5, 0.6) is 0 Å². The van der Waals surface area contributed by atoms with E-state index in [1.54, 1.807) is 18.5 Å². The predicted octanol–water partition coefficient (Wildman–Crippen LogP) is 3.57. The molecular weight excluding hydrogens is 318 g/mol. The van der Waals surface area contributed by atoms with Crippen molar-refractivity contribution in [3.05, 3.63) is 78.1 Å². The SMILES string of the molecule is O=C(O)CCc1cccnc1.O=C(O)Cc1cccc2ccccc12. The summed E-state index contributed by atoms with van der Waals surface area (Å²) in [6.07, 6.45) is 4.17. The highest BCUT2D eigenvalue weighted by Crippen LogP contribution is 2.18. The number of carbonyl (C=O) groups is 2. The third-order valence-electron chi connectivity index (χ3n) is 3.57. The second-order valence-corrected chi connectivity index (χ2v) is 5.46. The van der Waals surface area contributed by atoms with Crippen LogP contribution in [0.1, 0.15) is 17.5 Å². The van der Waals surface area contributed by atoms with Crippen LogP contribution in [0.25, 0.3) is 10.8 Å². The van der Waals surface area contributed by atoms with Crippen LogP contribution in [-0.4, -0.2) is 27.1 Å². The van der Waals surface area contributed by atoms with Gasteiger partial charge in [0, 0.05) is 18.8 Å². The molecule has 0 fully saturated rings. The topological polar surface area (TPSA) is 87.5 Å². The van der Waals surface area contributed by atoms with Gasteiger partial charge in [-0.15, -0.1) is 0 Å². The van der Waals surface area contributed by atoms with Crippen LogP contribution >= 0.6 is 0 Å². The molecule has 0 spiro atoms. The molecule has 0 unspecified atom stereocenters. The highest BCUT2D eigenvalue weighted by molar-refractivity contribution is 5.88. The Bertz CT molecular complexity index is 841. The molecule has 1 aromatic heterocycles. The average Bonchev–Trinajstić information content (AvgIpc) is 2.61. The summed E-state index contributed by atoms with van der Waals surface area (Å²) in [7, 11) is 0. The molecule has 1 heterocycles. The third kappa shape index (κ3) is 6.06. The maximum Gasteiger partial charge on any atom is 0.307 e. The molecule has 0 saturated heterocycles. The summed E-state index contributed by atoms with van der Waals surface area (Å²) < 4.78 is 0. The Morgan fingerprint density at radius 1 is 0.880 bits per heavy atom. The predicted molar refractivity (Wildman–Crippen MR) is 95.5 cm³/mol. The minimum atomic E-state index is -0.790. The van der Waals surface area contributed by atoms with Crippen LogP contribution in [0.15, 0.2) is 67.0 Å². The number of pyridine rings is 1. The van der Waals surface area contributed by atoms with Gasteiger partial charge >= 0.3 is 11.9 Å². The second-order valence-electron chi connectivity index (χ2n) is 5.46. The van der Waals surface area contributed by atoms with Gasteiger partial charge in [-0.2, -0.15) is 0 Å². The summed E-state index contributed by atoms with van der Waals surface area (Å²) in [6, 6.07) is 17.2. The summed E-state index contributed by atoms with van der Waals surface area (Å²) in [5.41, 5.74) is 1.84. The number of aromatic nitrogens is 1. The van der Waals surface area contributed by atoms with Crippen LogP contribution in [0.2, 0.25) is 0 Å². The largest absolute Gasteiger partial charge is 0.481 e. The van der Waals surface area contributed by atoms with Crippen molar-refractivity contribution in [1.82, 2.24) is 4.98 Å². The molecule has 5 nitrogen and oxygen atoms in total. The van der Waals surface area contributed by atoms with Crippen molar-refractivity contribution in [2.45, 2.75) is 19.3 Å². The normalized spacial score (nSPS) is 9.92. The molecule has 2 aromatic carbocycles. The minimum Gasteiger partial charge on any atom is -0.481 e. The van der Waals surface area contributed by atoms with Gasteiger partial charge in [0.2, 0.25) is 0 Å². The summed E-state index contributed by atoms with van der Waals surface area (Å²) in [4.78, 5) is 24.6. The Morgan fingerprint density at radius 3 is 2.32 bits per heavy atom. The van der Waals surface area contributed by atoms with E-state index >= 15 is 0 Å². The van der Waals surface area contributed by atoms with E-state index in [0.29, 0.717) is 6.42 Å². The first-order chi connectivity index (χ1) is 12.1. The molecule has 0 saturated carbocycles. The Hall–Kier alpha value is -3.21. The number of benzene rings is 2. The van der Waals surface area contributed by atoms with E-state index in [-0.39, 0.29) is 12.8 Å². The number of fused-ring (bicyclic) bond motifs is 1. The van der Waals surface area contributed by atoms with E-state index in [9.17, 15) is 9.59 Å². The highest BCUT2D eigenvalue weighted by Gasteiger charge is 2.03. The van der Waals surface area contributed by atoms with Gasteiger partial charge in [0.15, 0.2) is 0 Å². The maximum atomic E-state index is 10.6. The van der Waals surface area contributed by atoms with Crippen molar-refractivity contribution in [1.29, 1.82) is 0 Å². The highest BCUT2D eigenvalue weighted by atomic mass is 16.4. The number of rotatable bonds is 5. The number of aliphatic carboxylic acids is 2. The molecular formula is C20H19NO4.